The van der Waals surface area contributed by atoms with Crippen LogP contribution in [0.4, 0.5) is 0 Å². The minimum atomic E-state index is 1.11. The Hall–Kier alpha value is -0.920. The van der Waals surface area contributed by atoms with Crippen molar-refractivity contribution in [3.63, 3.8) is 0 Å². The predicted molar refractivity (Wildman–Crippen MR) is 39.1 cm³/mol. The summed E-state index contributed by atoms with van der Waals surface area (Å²) in [6.07, 6.45) is 5.20. The zero-order chi connectivity index (χ0) is 6.69. The van der Waals surface area contributed by atoms with E-state index in [2.05, 4.69) is 24.6 Å². The monoisotopic (exact) mass is 124 g/mol. The molecule has 0 fully saturated rings. The Labute approximate surface area is 55.5 Å². The van der Waals surface area contributed by atoms with Crippen molar-refractivity contribution in [2.75, 3.05) is 12.5 Å². The van der Waals surface area contributed by atoms with Gasteiger partial charge < -0.3 is 5.43 Å². The summed E-state index contributed by atoms with van der Waals surface area (Å²) in [5, 5.41) is 0. The third-order valence-corrected chi connectivity index (χ3v) is 1.42. The SMILES string of the molecule is CCc1ccn(NC)c1. The fourth-order valence-electron chi connectivity index (χ4n) is 0.789. The molecule has 2 heteroatoms. The van der Waals surface area contributed by atoms with Crippen molar-refractivity contribution in [1.82, 2.24) is 4.68 Å². The van der Waals surface area contributed by atoms with Gasteiger partial charge in [0.15, 0.2) is 0 Å². The van der Waals surface area contributed by atoms with E-state index in [0.29, 0.717) is 0 Å². The quantitative estimate of drug-likeness (QED) is 0.627. The third-order valence-electron chi connectivity index (χ3n) is 1.42. The number of aryl methyl sites for hydroxylation is 1. The second kappa shape index (κ2) is 2.58. The zero-order valence-corrected chi connectivity index (χ0v) is 5.89. The lowest BCUT2D eigenvalue weighted by atomic mass is 10.3. The summed E-state index contributed by atoms with van der Waals surface area (Å²) in [5.74, 6) is 0. The molecule has 0 amide bonds. The molecule has 1 N–H and O–H groups in total. The highest BCUT2D eigenvalue weighted by Crippen LogP contribution is 1.98. The maximum absolute atomic E-state index is 3.00. The first-order valence-corrected chi connectivity index (χ1v) is 3.21. The molecule has 1 aromatic rings. The van der Waals surface area contributed by atoms with E-state index in [0.717, 1.165) is 6.42 Å². The number of rotatable bonds is 2. The third kappa shape index (κ3) is 1.25. The average Bonchev–Trinajstić information content (AvgIpc) is 2.34. The van der Waals surface area contributed by atoms with Gasteiger partial charge in [0, 0.05) is 19.4 Å². The van der Waals surface area contributed by atoms with E-state index >= 15 is 0 Å². The van der Waals surface area contributed by atoms with Crippen molar-refractivity contribution in [3.8, 4) is 0 Å². The van der Waals surface area contributed by atoms with Crippen molar-refractivity contribution in [1.29, 1.82) is 0 Å². The molecule has 1 rings (SSSR count). The molecule has 0 aliphatic heterocycles. The fraction of sp³-hybridized carbons (Fsp3) is 0.429. The van der Waals surface area contributed by atoms with Crippen molar-refractivity contribution < 1.29 is 0 Å². The van der Waals surface area contributed by atoms with E-state index in [1.807, 2.05) is 17.9 Å². The molecule has 50 valence electrons. The maximum Gasteiger partial charge on any atom is 0.0290 e. The molecule has 1 aromatic heterocycles. The Morgan fingerprint density at radius 2 is 2.44 bits per heavy atom. The maximum atomic E-state index is 3.00. The molecule has 0 bridgehead atoms. The lowest BCUT2D eigenvalue weighted by Crippen LogP contribution is -2.04. The molecule has 0 spiro atoms. The number of nitrogens with zero attached hydrogens (tertiary/aromatic N) is 1. The highest BCUT2D eigenvalue weighted by Gasteiger charge is 1.88. The lowest BCUT2D eigenvalue weighted by Gasteiger charge is -1.96. The van der Waals surface area contributed by atoms with Gasteiger partial charge in [0.05, 0.1) is 0 Å². The molecule has 0 unspecified atom stereocenters. The van der Waals surface area contributed by atoms with Crippen molar-refractivity contribution >= 4 is 0 Å². The summed E-state index contributed by atoms with van der Waals surface area (Å²) in [4.78, 5) is 0. The number of hydrogen-bond acceptors (Lipinski definition) is 1. The molecule has 2 nitrogen and oxygen atoms in total. The van der Waals surface area contributed by atoms with Gasteiger partial charge in [-0.25, -0.2) is 0 Å². The van der Waals surface area contributed by atoms with Crippen molar-refractivity contribution in [2.45, 2.75) is 13.3 Å². The van der Waals surface area contributed by atoms with E-state index in [9.17, 15) is 0 Å². The number of aromatic nitrogens is 1. The van der Waals surface area contributed by atoms with Gasteiger partial charge in [-0.3, -0.25) is 4.68 Å². The average molecular weight is 124 g/mol. The molecule has 1 heterocycles. The molecular formula is C7H12N2. The van der Waals surface area contributed by atoms with E-state index in [4.69, 9.17) is 0 Å². The Kier molecular flexibility index (Phi) is 1.78. The van der Waals surface area contributed by atoms with Crippen LogP contribution < -0.4 is 5.43 Å². The Morgan fingerprint density at radius 1 is 1.67 bits per heavy atom. The molecule has 0 radical (unpaired) electrons. The van der Waals surface area contributed by atoms with Crippen LogP contribution in [-0.4, -0.2) is 11.7 Å². The highest BCUT2D eigenvalue weighted by molar-refractivity contribution is 5.10. The van der Waals surface area contributed by atoms with Crippen molar-refractivity contribution in [3.05, 3.63) is 24.0 Å². The van der Waals surface area contributed by atoms with Crippen LogP contribution in [-0.2, 0) is 6.42 Å². The van der Waals surface area contributed by atoms with Crippen LogP contribution in [0.15, 0.2) is 18.5 Å². The molecule has 0 aromatic carbocycles. The topological polar surface area (TPSA) is 17.0 Å². The highest BCUT2D eigenvalue weighted by atomic mass is 15.4. The van der Waals surface area contributed by atoms with Crippen LogP contribution in [0.3, 0.4) is 0 Å². The summed E-state index contributed by atoms with van der Waals surface area (Å²) in [7, 11) is 1.90. The van der Waals surface area contributed by atoms with Gasteiger partial charge in [-0.15, -0.1) is 0 Å². The molecule has 0 saturated carbocycles. The van der Waals surface area contributed by atoms with E-state index in [1.165, 1.54) is 5.56 Å². The summed E-state index contributed by atoms with van der Waals surface area (Å²) >= 11 is 0. The number of hydrogen-bond donors (Lipinski definition) is 1. The van der Waals surface area contributed by atoms with Crippen LogP contribution in [0.5, 0.6) is 0 Å². The Morgan fingerprint density at radius 3 is 2.78 bits per heavy atom. The van der Waals surface area contributed by atoms with Crippen molar-refractivity contribution in [2.24, 2.45) is 0 Å². The van der Waals surface area contributed by atoms with Gasteiger partial charge >= 0.3 is 0 Å². The van der Waals surface area contributed by atoms with E-state index in [-0.39, 0.29) is 0 Å². The first kappa shape index (κ1) is 6.20. The van der Waals surface area contributed by atoms with Gasteiger partial charge in [-0.1, -0.05) is 6.92 Å². The van der Waals surface area contributed by atoms with Crippen LogP contribution >= 0.6 is 0 Å². The minimum absolute atomic E-state index is 1.11. The molecular weight excluding hydrogens is 112 g/mol. The second-order valence-electron chi connectivity index (χ2n) is 2.00. The predicted octanol–water partition coefficient (Wildman–Crippen LogP) is 1.22. The molecule has 0 saturated heterocycles. The number of nitrogens with one attached hydrogen (secondary N) is 1. The summed E-state index contributed by atoms with van der Waals surface area (Å²) in [5.41, 5.74) is 4.36. The van der Waals surface area contributed by atoms with Gasteiger partial charge in [0.25, 0.3) is 0 Å². The van der Waals surface area contributed by atoms with Crippen LogP contribution in [0.2, 0.25) is 0 Å². The van der Waals surface area contributed by atoms with Gasteiger partial charge in [-0.05, 0) is 18.1 Å². The largest absolute Gasteiger partial charge is 0.330 e. The Bertz CT molecular complexity index is 160. The van der Waals surface area contributed by atoms with Gasteiger partial charge in [0.2, 0.25) is 0 Å². The molecule has 0 aliphatic rings. The normalized spacial score (nSPS) is 9.56. The minimum Gasteiger partial charge on any atom is -0.330 e. The van der Waals surface area contributed by atoms with Gasteiger partial charge in [-0.2, -0.15) is 0 Å². The second-order valence-corrected chi connectivity index (χ2v) is 2.00. The molecule has 0 atom stereocenters. The van der Waals surface area contributed by atoms with Gasteiger partial charge in [0.1, 0.15) is 0 Å². The fourth-order valence-corrected chi connectivity index (χ4v) is 0.789. The zero-order valence-electron chi connectivity index (χ0n) is 5.89. The summed E-state index contributed by atoms with van der Waals surface area (Å²) in [6, 6.07) is 2.11. The molecule has 0 aliphatic carbocycles. The van der Waals surface area contributed by atoms with E-state index in [1.54, 1.807) is 0 Å². The first-order chi connectivity index (χ1) is 4.36. The van der Waals surface area contributed by atoms with Crippen LogP contribution in [0.1, 0.15) is 12.5 Å². The summed E-state index contributed by atoms with van der Waals surface area (Å²) in [6.45, 7) is 2.15. The Balaban J connectivity index is 2.74. The van der Waals surface area contributed by atoms with E-state index < -0.39 is 0 Å². The summed E-state index contributed by atoms with van der Waals surface area (Å²) < 4.78 is 1.94. The smallest absolute Gasteiger partial charge is 0.0290 e. The standard InChI is InChI=1S/C7H12N2/c1-3-7-4-5-9(6-7)8-2/h4-6,8H,3H2,1-2H3. The van der Waals surface area contributed by atoms with Crippen LogP contribution in [0.25, 0.3) is 0 Å². The molecule has 9 heavy (non-hydrogen) atoms. The van der Waals surface area contributed by atoms with Crippen LogP contribution in [0, 0.1) is 0 Å². The lowest BCUT2D eigenvalue weighted by molar-refractivity contribution is 0.929. The first-order valence-electron chi connectivity index (χ1n) is 3.21.